The molecule has 1 heterocycles. The van der Waals surface area contributed by atoms with Gasteiger partial charge in [-0.3, -0.25) is 15.0 Å². The van der Waals surface area contributed by atoms with Crippen molar-refractivity contribution >= 4 is 40.0 Å². The molecule has 0 radical (unpaired) electrons. The Kier molecular flexibility index (Phi) is 5.28. The lowest BCUT2D eigenvalue weighted by Gasteiger charge is -2.09. The maximum Gasteiger partial charge on any atom is 0.261 e. The number of Topliss-reactive ketones (excluding diaryl/α,β-unsaturated/α-hetero) is 1. The summed E-state index contributed by atoms with van der Waals surface area (Å²) < 4.78 is 1.58. The van der Waals surface area contributed by atoms with Gasteiger partial charge in [0.25, 0.3) is 5.91 Å². The van der Waals surface area contributed by atoms with Gasteiger partial charge in [0, 0.05) is 11.3 Å². The van der Waals surface area contributed by atoms with Gasteiger partial charge in [0.15, 0.2) is 17.4 Å². The number of carbonyl (C=O) groups is 2. The highest BCUT2D eigenvalue weighted by Gasteiger charge is 2.20. The minimum absolute atomic E-state index is 0.0692. The number of fused-ring (bicyclic) bond motifs is 1. The molecule has 0 atom stereocenters. The number of aliphatic imine (C=N–C) groups is 1. The van der Waals surface area contributed by atoms with Crippen LogP contribution in [0.15, 0.2) is 53.5 Å². The molecule has 1 amide bonds. The molecular weight excluding hydrogens is 358 g/mol. The summed E-state index contributed by atoms with van der Waals surface area (Å²) >= 11 is 0. The Balaban J connectivity index is 2.03. The Labute approximate surface area is 160 Å². The summed E-state index contributed by atoms with van der Waals surface area (Å²) in [6, 6.07) is 13.7. The van der Waals surface area contributed by atoms with Crippen molar-refractivity contribution in [3.8, 4) is 0 Å². The number of hydrogen-bond donors (Lipinski definition) is 4. The summed E-state index contributed by atoms with van der Waals surface area (Å²) in [6.45, 7) is -0.389. The van der Waals surface area contributed by atoms with Crippen molar-refractivity contribution in [3.05, 3.63) is 59.9 Å². The SMILES string of the molecule is N=C(C(N)=NC(=O)CN)c1nc2ccccc2n1CC(=O)c1ccc(N)cc1. The topological polar surface area (TPSA) is 166 Å². The maximum atomic E-state index is 12.7. The van der Waals surface area contributed by atoms with Crippen molar-refractivity contribution in [3.63, 3.8) is 0 Å². The number of ketones is 1. The molecule has 9 nitrogen and oxygen atoms in total. The number of benzene rings is 2. The number of hydrogen-bond acceptors (Lipinski definition) is 6. The molecule has 2 aromatic carbocycles. The van der Waals surface area contributed by atoms with E-state index in [1.165, 1.54) is 0 Å². The molecule has 0 aliphatic carbocycles. The number of nitrogens with zero attached hydrogens (tertiary/aromatic N) is 3. The number of amides is 1. The van der Waals surface area contributed by atoms with Crippen molar-refractivity contribution in [2.24, 2.45) is 16.5 Å². The Bertz CT molecular complexity index is 1100. The van der Waals surface area contributed by atoms with E-state index in [9.17, 15) is 9.59 Å². The molecule has 0 unspecified atom stereocenters. The highest BCUT2D eigenvalue weighted by molar-refractivity contribution is 6.46. The first-order valence-corrected chi connectivity index (χ1v) is 8.41. The number of amidine groups is 1. The van der Waals surface area contributed by atoms with E-state index in [0.29, 0.717) is 22.3 Å². The van der Waals surface area contributed by atoms with Crippen LogP contribution in [-0.2, 0) is 11.3 Å². The Hall–Kier alpha value is -3.85. The summed E-state index contributed by atoms with van der Waals surface area (Å²) in [5, 5.41) is 8.29. The van der Waals surface area contributed by atoms with Crippen LogP contribution in [0.5, 0.6) is 0 Å². The first-order chi connectivity index (χ1) is 13.4. The lowest BCUT2D eigenvalue weighted by atomic mass is 10.1. The van der Waals surface area contributed by atoms with E-state index >= 15 is 0 Å². The Morgan fingerprint density at radius 3 is 2.46 bits per heavy atom. The predicted molar refractivity (Wildman–Crippen MR) is 107 cm³/mol. The van der Waals surface area contributed by atoms with Crippen molar-refractivity contribution in [2.45, 2.75) is 6.54 Å². The standard InChI is InChI=1S/C19H19N7O2/c20-9-16(28)25-18(23)17(22)19-24-13-3-1-2-4-14(13)26(19)10-15(27)11-5-7-12(21)8-6-11/h1-8,22H,9-10,20-21H2,(H2,23,25,28). The fourth-order valence-electron chi connectivity index (χ4n) is 2.68. The zero-order valence-corrected chi connectivity index (χ0v) is 14.9. The number of para-hydroxylation sites is 2. The van der Waals surface area contributed by atoms with Gasteiger partial charge in [-0.1, -0.05) is 12.1 Å². The van der Waals surface area contributed by atoms with Gasteiger partial charge in [-0.15, -0.1) is 0 Å². The van der Waals surface area contributed by atoms with Crippen LogP contribution in [0.1, 0.15) is 16.2 Å². The number of anilines is 1. The first kappa shape index (κ1) is 18.9. The molecule has 3 aromatic rings. The summed E-state index contributed by atoms with van der Waals surface area (Å²) in [7, 11) is 0. The lowest BCUT2D eigenvalue weighted by molar-refractivity contribution is -0.116. The Morgan fingerprint density at radius 2 is 1.79 bits per heavy atom. The lowest BCUT2D eigenvalue weighted by Crippen LogP contribution is -2.30. The van der Waals surface area contributed by atoms with Gasteiger partial charge in [0.05, 0.1) is 24.1 Å². The summed E-state index contributed by atoms with van der Waals surface area (Å²) in [5.74, 6) is -1.02. The smallest absolute Gasteiger partial charge is 0.261 e. The minimum Gasteiger partial charge on any atom is -0.399 e. The number of nitrogen functional groups attached to an aromatic ring is 1. The average molecular weight is 377 g/mol. The molecule has 1 aromatic heterocycles. The number of aromatic nitrogens is 2. The van der Waals surface area contributed by atoms with Crippen LogP contribution in [0.2, 0.25) is 0 Å². The second-order valence-corrected chi connectivity index (χ2v) is 6.03. The van der Waals surface area contributed by atoms with E-state index < -0.39 is 5.91 Å². The van der Waals surface area contributed by atoms with E-state index in [4.69, 9.17) is 22.6 Å². The van der Waals surface area contributed by atoms with Gasteiger partial charge in [0.2, 0.25) is 0 Å². The number of nitrogens with two attached hydrogens (primary N) is 3. The van der Waals surface area contributed by atoms with Crippen LogP contribution in [0.4, 0.5) is 5.69 Å². The van der Waals surface area contributed by atoms with Gasteiger partial charge in [-0.05, 0) is 36.4 Å². The first-order valence-electron chi connectivity index (χ1n) is 8.41. The quantitative estimate of drug-likeness (QED) is 0.214. The second kappa shape index (κ2) is 7.80. The number of imidazole rings is 1. The highest BCUT2D eigenvalue weighted by atomic mass is 16.1. The molecule has 0 saturated carbocycles. The number of carbonyl (C=O) groups excluding carboxylic acids is 2. The second-order valence-electron chi connectivity index (χ2n) is 6.03. The molecule has 0 spiro atoms. The molecule has 142 valence electrons. The molecule has 0 fully saturated rings. The van der Waals surface area contributed by atoms with Crippen molar-refractivity contribution in [1.82, 2.24) is 9.55 Å². The largest absolute Gasteiger partial charge is 0.399 e. The van der Waals surface area contributed by atoms with Crippen LogP contribution >= 0.6 is 0 Å². The molecule has 3 rings (SSSR count). The molecule has 0 saturated heterocycles. The van der Waals surface area contributed by atoms with Crippen molar-refractivity contribution in [1.29, 1.82) is 5.41 Å². The van der Waals surface area contributed by atoms with Crippen LogP contribution in [-0.4, -0.2) is 39.3 Å². The average Bonchev–Trinajstić information content (AvgIpc) is 3.06. The van der Waals surface area contributed by atoms with E-state index in [-0.39, 0.29) is 36.2 Å². The van der Waals surface area contributed by atoms with Crippen LogP contribution < -0.4 is 17.2 Å². The van der Waals surface area contributed by atoms with Gasteiger partial charge in [-0.25, -0.2) is 4.98 Å². The molecule has 0 aliphatic heterocycles. The van der Waals surface area contributed by atoms with Crippen LogP contribution in [0.25, 0.3) is 11.0 Å². The normalized spacial score (nSPS) is 11.5. The maximum absolute atomic E-state index is 12.7. The van der Waals surface area contributed by atoms with Crippen molar-refractivity contribution < 1.29 is 9.59 Å². The predicted octanol–water partition coefficient (Wildman–Crippen LogP) is 0.712. The number of nitrogens with one attached hydrogen (secondary N) is 1. The summed E-state index contributed by atoms with van der Waals surface area (Å²) in [6.07, 6.45) is 0. The third kappa shape index (κ3) is 3.79. The Morgan fingerprint density at radius 1 is 1.11 bits per heavy atom. The van der Waals surface area contributed by atoms with E-state index in [2.05, 4.69) is 9.98 Å². The third-order valence-electron chi connectivity index (χ3n) is 4.09. The molecule has 0 bridgehead atoms. The fourth-order valence-corrected chi connectivity index (χ4v) is 2.68. The zero-order chi connectivity index (χ0) is 20.3. The zero-order valence-electron chi connectivity index (χ0n) is 14.9. The molecular formula is C19H19N7O2. The molecule has 0 aliphatic rings. The van der Waals surface area contributed by atoms with E-state index in [0.717, 1.165) is 0 Å². The fraction of sp³-hybridized carbons (Fsp3) is 0.105. The number of rotatable bonds is 6. The van der Waals surface area contributed by atoms with Gasteiger partial charge < -0.3 is 21.8 Å². The monoisotopic (exact) mass is 377 g/mol. The molecule has 9 heteroatoms. The van der Waals surface area contributed by atoms with Crippen molar-refractivity contribution in [2.75, 3.05) is 12.3 Å². The van der Waals surface area contributed by atoms with Gasteiger partial charge in [-0.2, -0.15) is 4.99 Å². The van der Waals surface area contributed by atoms with Gasteiger partial charge in [0.1, 0.15) is 5.71 Å². The minimum atomic E-state index is -0.650. The van der Waals surface area contributed by atoms with Gasteiger partial charge >= 0.3 is 0 Å². The summed E-state index contributed by atoms with van der Waals surface area (Å²) in [4.78, 5) is 32.1. The third-order valence-corrected chi connectivity index (χ3v) is 4.09. The van der Waals surface area contributed by atoms with E-state index in [1.54, 1.807) is 53.1 Å². The van der Waals surface area contributed by atoms with E-state index in [1.807, 2.05) is 0 Å². The molecule has 28 heavy (non-hydrogen) atoms. The molecule has 7 N–H and O–H groups in total. The highest BCUT2D eigenvalue weighted by Crippen LogP contribution is 2.18. The van der Waals surface area contributed by atoms with Crippen LogP contribution in [0.3, 0.4) is 0 Å². The summed E-state index contributed by atoms with van der Waals surface area (Å²) in [5.41, 5.74) is 18.7. The van der Waals surface area contributed by atoms with Crippen LogP contribution in [0, 0.1) is 5.41 Å².